The highest BCUT2D eigenvalue weighted by molar-refractivity contribution is 6.07. The number of hydrogen-bond donors (Lipinski definition) is 2. The molecule has 9 heteroatoms. The van der Waals surface area contributed by atoms with E-state index in [4.69, 9.17) is 20.9 Å². The van der Waals surface area contributed by atoms with E-state index in [2.05, 4.69) is 20.2 Å². The first-order valence-electron chi connectivity index (χ1n) is 9.99. The van der Waals surface area contributed by atoms with Gasteiger partial charge in [0.2, 0.25) is 23.7 Å². The van der Waals surface area contributed by atoms with Crippen molar-refractivity contribution in [3.8, 4) is 22.9 Å². The number of guanidine groups is 2. The molecule has 3 aromatic rings. The summed E-state index contributed by atoms with van der Waals surface area (Å²) in [7, 11) is 0. The zero-order valence-corrected chi connectivity index (χ0v) is 16.4. The maximum absolute atomic E-state index is 6.39. The molecular formula is C21H22N8O. The fourth-order valence-electron chi connectivity index (χ4n) is 4.26. The van der Waals surface area contributed by atoms with Crippen LogP contribution in [0.15, 0.2) is 63.2 Å². The van der Waals surface area contributed by atoms with Crippen LogP contribution in [0.3, 0.4) is 0 Å². The van der Waals surface area contributed by atoms with Crippen LogP contribution in [0.5, 0.6) is 0 Å². The predicted octanol–water partition coefficient (Wildman–Crippen LogP) is 2.91. The summed E-state index contributed by atoms with van der Waals surface area (Å²) in [5.41, 5.74) is 14.2. The van der Waals surface area contributed by atoms with Crippen LogP contribution in [0.2, 0.25) is 0 Å². The van der Waals surface area contributed by atoms with Crippen molar-refractivity contribution in [3.05, 3.63) is 48.8 Å². The van der Waals surface area contributed by atoms with Crippen molar-refractivity contribution >= 4 is 17.6 Å². The van der Waals surface area contributed by atoms with Crippen LogP contribution in [-0.4, -0.2) is 32.8 Å². The minimum Gasteiger partial charge on any atom is -0.416 e. The number of nitrogens with zero attached hydrogens (tertiary/aromatic N) is 6. The van der Waals surface area contributed by atoms with Crippen LogP contribution in [-0.2, 0) is 0 Å². The van der Waals surface area contributed by atoms with Crippen LogP contribution in [0.4, 0.5) is 5.69 Å². The van der Waals surface area contributed by atoms with Crippen LogP contribution >= 0.6 is 0 Å². The Hall–Kier alpha value is -3.75. The molecule has 1 saturated carbocycles. The number of pyridine rings is 1. The maximum atomic E-state index is 6.39. The SMILES string of the molecule is NC1=NC2(CCCCC2)N(c2ccccc2-c2nnc(-c3ccncc3)o2)C(N)=N1. The lowest BCUT2D eigenvalue weighted by atomic mass is 9.87. The Morgan fingerprint density at radius 2 is 1.63 bits per heavy atom. The van der Waals surface area contributed by atoms with E-state index in [0.717, 1.165) is 42.5 Å². The molecule has 1 spiro atoms. The Morgan fingerprint density at radius 1 is 0.900 bits per heavy atom. The zero-order chi connectivity index (χ0) is 20.6. The second-order valence-corrected chi connectivity index (χ2v) is 7.48. The summed E-state index contributed by atoms with van der Waals surface area (Å²) < 4.78 is 6.00. The summed E-state index contributed by atoms with van der Waals surface area (Å²) >= 11 is 0. The summed E-state index contributed by atoms with van der Waals surface area (Å²) in [6.07, 6.45) is 8.35. The Bertz CT molecular complexity index is 1110. The third-order valence-corrected chi connectivity index (χ3v) is 5.58. The minimum absolute atomic E-state index is 0.223. The van der Waals surface area contributed by atoms with Gasteiger partial charge in [0.25, 0.3) is 0 Å². The van der Waals surface area contributed by atoms with Gasteiger partial charge in [-0.05, 0) is 49.9 Å². The summed E-state index contributed by atoms with van der Waals surface area (Å²) in [5, 5.41) is 8.50. The average Bonchev–Trinajstić information content (AvgIpc) is 3.25. The van der Waals surface area contributed by atoms with Crippen molar-refractivity contribution in [1.29, 1.82) is 0 Å². The Kier molecular flexibility index (Phi) is 4.42. The van der Waals surface area contributed by atoms with Gasteiger partial charge in [-0.25, -0.2) is 4.99 Å². The van der Waals surface area contributed by atoms with Crippen molar-refractivity contribution in [1.82, 2.24) is 15.2 Å². The highest BCUT2D eigenvalue weighted by Gasteiger charge is 2.43. The molecule has 0 saturated heterocycles. The molecule has 1 fully saturated rings. The Balaban J connectivity index is 1.60. The molecule has 0 amide bonds. The second kappa shape index (κ2) is 7.25. The molecule has 30 heavy (non-hydrogen) atoms. The normalized spacial score (nSPS) is 18.2. The highest BCUT2D eigenvalue weighted by Crippen LogP contribution is 2.42. The number of nitrogens with two attached hydrogens (primary N) is 2. The molecule has 0 bridgehead atoms. The lowest BCUT2D eigenvalue weighted by Gasteiger charge is -2.46. The van der Waals surface area contributed by atoms with Gasteiger partial charge in [0.05, 0.1) is 11.3 Å². The van der Waals surface area contributed by atoms with Crippen LogP contribution in [0, 0.1) is 0 Å². The molecule has 0 radical (unpaired) electrons. The number of anilines is 1. The number of benzene rings is 1. The van der Waals surface area contributed by atoms with E-state index < -0.39 is 5.66 Å². The molecule has 9 nitrogen and oxygen atoms in total. The maximum Gasteiger partial charge on any atom is 0.250 e. The average molecular weight is 402 g/mol. The number of hydrogen-bond acceptors (Lipinski definition) is 9. The number of para-hydroxylation sites is 1. The quantitative estimate of drug-likeness (QED) is 0.688. The van der Waals surface area contributed by atoms with Gasteiger partial charge in [-0.3, -0.25) is 9.88 Å². The van der Waals surface area contributed by atoms with Gasteiger partial charge in [-0.1, -0.05) is 18.6 Å². The molecule has 2 aliphatic rings. The van der Waals surface area contributed by atoms with E-state index in [1.54, 1.807) is 12.4 Å². The monoisotopic (exact) mass is 402 g/mol. The van der Waals surface area contributed by atoms with E-state index in [1.165, 1.54) is 6.42 Å². The first-order chi connectivity index (χ1) is 14.7. The molecule has 1 aliphatic carbocycles. The lowest BCUT2D eigenvalue weighted by Crippen LogP contribution is -2.58. The molecule has 152 valence electrons. The van der Waals surface area contributed by atoms with Gasteiger partial charge in [-0.2, -0.15) is 4.99 Å². The molecule has 0 atom stereocenters. The largest absolute Gasteiger partial charge is 0.416 e. The fraction of sp³-hybridized carbons (Fsp3) is 0.286. The first kappa shape index (κ1) is 18.3. The van der Waals surface area contributed by atoms with Gasteiger partial charge >= 0.3 is 0 Å². The third kappa shape index (κ3) is 3.08. The summed E-state index contributed by atoms with van der Waals surface area (Å²) in [4.78, 5) is 15.0. The minimum atomic E-state index is -0.543. The van der Waals surface area contributed by atoms with Gasteiger partial charge in [-0.15, -0.1) is 10.2 Å². The van der Waals surface area contributed by atoms with Gasteiger partial charge in [0.1, 0.15) is 5.66 Å². The third-order valence-electron chi connectivity index (χ3n) is 5.58. The van der Waals surface area contributed by atoms with E-state index >= 15 is 0 Å². The lowest BCUT2D eigenvalue weighted by molar-refractivity contribution is 0.305. The van der Waals surface area contributed by atoms with E-state index in [-0.39, 0.29) is 5.96 Å². The highest BCUT2D eigenvalue weighted by atomic mass is 16.4. The predicted molar refractivity (Wildman–Crippen MR) is 115 cm³/mol. The Labute approximate surface area is 173 Å². The molecular weight excluding hydrogens is 380 g/mol. The molecule has 4 N–H and O–H groups in total. The van der Waals surface area contributed by atoms with E-state index in [0.29, 0.717) is 17.7 Å². The standard InChI is InChI=1S/C21H22N8O/c22-19-25-20(23)29(21(26-19)10-4-1-5-11-21)16-7-3-2-6-15(16)18-28-27-17(30-18)14-8-12-24-13-9-14/h2-3,6-9,12-13H,1,4-5,10-11H2,(H4,22,23,25,26). The molecule has 5 rings (SSSR count). The first-order valence-corrected chi connectivity index (χ1v) is 9.99. The fourth-order valence-corrected chi connectivity index (χ4v) is 4.26. The summed E-state index contributed by atoms with van der Waals surface area (Å²) in [5.74, 6) is 1.38. The summed E-state index contributed by atoms with van der Waals surface area (Å²) in [6, 6.07) is 11.4. The Morgan fingerprint density at radius 3 is 2.43 bits per heavy atom. The van der Waals surface area contributed by atoms with Crippen molar-refractivity contribution in [2.45, 2.75) is 37.8 Å². The number of aromatic nitrogens is 3. The molecule has 1 aliphatic heterocycles. The number of aliphatic imine (C=N–C) groups is 2. The smallest absolute Gasteiger partial charge is 0.250 e. The van der Waals surface area contributed by atoms with Crippen molar-refractivity contribution < 1.29 is 4.42 Å². The van der Waals surface area contributed by atoms with Crippen molar-refractivity contribution in [2.75, 3.05) is 4.90 Å². The number of rotatable bonds is 3. The van der Waals surface area contributed by atoms with E-state index in [1.807, 2.05) is 41.3 Å². The second-order valence-electron chi connectivity index (χ2n) is 7.48. The summed E-state index contributed by atoms with van der Waals surface area (Å²) in [6.45, 7) is 0. The van der Waals surface area contributed by atoms with Crippen molar-refractivity contribution in [2.24, 2.45) is 21.5 Å². The molecule has 3 heterocycles. The van der Waals surface area contributed by atoms with Gasteiger partial charge in [0.15, 0.2) is 0 Å². The topological polar surface area (TPSA) is 132 Å². The van der Waals surface area contributed by atoms with Crippen molar-refractivity contribution in [3.63, 3.8) is 0 Å². The molecule has 2 aromatic heterocycles. The van der Waals surface area contributed by atoms with Crippen LogP contribution < -0.4 is 16.4 Å². The van der Waals surface area contributed by atoms with Crippen LogP contribution in [0.25, 0.3) is 22.9 Å². The molecule has 0 unspecified atom stereocenters. The zero-order valence-electron chi connectivity index (χ0n) is 16.4. The van der Waals surface area contributed by atoms with E-state index in [9.17, 15) is 0 Å². The van der Waals surface area contributed by atoms with Gasteiger partial charge < -0.3 is 15.9 Å². The molecule has 1 aromatic carbocycles. The van der Waals surface area contributed by atoms with Gasteiger partial charge in [0, 0.05) is 18.0 Å². The van der Waals surface area contributed by atoms with Crippen LogP contribution in [0.1, 0.15) is 32.1 Å².